The van der Waals surface area contributed by atoms with Crippen LogP contribution in [0.2, 0.25) is 5.02 Å². The van der Waals surface area contributed by atoms with E-state index in [9.17, 15) is 14.3 Å². The third-order valence-electron chi connectivity index (χ3n) is 4.05. The SMILES string of the molecule is O=C(NC[C@@H]1CCC[C@H]1O)c1cn(-c2cccc(Cl)c2F)nn1. The molecule has 122 valence electrons. The Morgan fingerprint density at radius 2 is 2.30 bits per heavy atom. The summed E-state index contributed by atoms with van der Waals surface area (Å²) >= 11 is 5.73. The van der Waals surface area contributed by atoms with E-state index in [1.807, 2.05) is 0 Å². The molecule has 0 saturated heterocycles. The van der Waals surface area contributed by atoms with Crippen LogP contribution >= 0.6 is 11.6 Å². The Bertz CT molecular complexity index is 721. The summed E-state index contributed by atoms with van der Waals surface area (Å²) < 4.78 is 15.1. The van der Waals surface area contributed by atoms with Crippen LogP contribution in [0.25, 0.3) is 5.69 Å². The molecule has 1 aliphatic carbocycles. The van der Waals surface area contributed by atoms with Gasteiger partial charge in [0, 0.05) is 12.5 Å². The van der Waals surface area contributed by atoms with Crippen LogP contribution in [0.15, 0.2) is 24.4 Å². The zero-order chi connectivity index (χ0) is 16.4. The fourth-order valence-corrected chi connectivity index (χ4v) is 2.89. The van der Waals surface area contributed by atoms with E-state index in [1.54, 1.807) is 6.07 Å². The van der Waals surface area contributed by atoms with Crippen molar-refractivity contribution in [2.45, 2.75) is 25.4 Å². The van der Waals surface area contributed by atoms with Crippen molar-refractivity contribution >= 4 is 17.5 Å². The van der Waals surface area contributed by atoms with E-state index in [4.69, 9.17) is 11.6 Å². The van der Waals surface area contributed by atoms with Gasteiger partial charge in [0.1, 0.15) is 5.69 Å². The lowest BCUT2D eigenvalue weighted by molar-refractivity contribution is 0.0912. The van der Waals surface area contributed by atoms with Crippen LogP contribution in [0.3, 0.4) is 0 Å². The third kappa shape index (κ3) is 3.35. The Hall–Kier alpha value is -1.99. The lowest BCUT2D eigenvalue weighted by Gasteiger charge is -2.14. The van der Waals surface area contributed by atoms with Gasteiger partial charge in [-0.25, -0.2) is 9.07 Å². The van der Waals surface area contributed by atoms with Crippen molar-refractivity contribution in [3.05, 3.63) is 40.9 Å². The van der Waals surface area contributed by atoms with Crippen LogP contribution in [0.1, 0.15) is 29.8 Å². The Labute approximate surface area is 137 Å². The highest BCUT2D eigenvalue weighted by molar-refractivity contribution is 6.30. The van der Waals surface area contributed by atoms with E-state index in [0.717, 1.165) is 19.3 Å². The second kappa shape index (κ2) is 6.64. The predicted molar refractivity (Wildman–Crippen MR) is 82.0 cm³/mol. The Morgan fingerprint density at radius 1 is 1.48 bits per heavy atom. The topological polar surface area (TPSA) is 80.0 Å². The maximum atomic E-state index is 13.9. The molecule has 1 aliphatic rings. The summed E-state index contributed by atoms with van der Waals surface area (Å²) in [6.45, 7) is 0.387. The van der Waals surface area contributed by atoms with Crippen molar-refractivity contribution < 1.29 is 14.3 Å². The maximum Gasteiger partial charge on any atom is 0.273 e. The second-order valence-corrected chi connectivity index (χ2v) is 6.00. The molecule has 1 saturated carbocycles. The standard InChI is InChI=1S/C15H16ClFN4O2/c16-10-4-2-5-12(14(10)17)21-8-11(19-20-21)15(23)18-7-9-3-1-6-13(9)22/h2,4-5,8-9,13,22H,1,3,6-7H2,(H,18,23)/t9-,13+/m0/s1. The molecule has 0 radical (unpaired) electrons. The first-order valence-corrected chi connectivity index (χ1v) is 7.77. The number of benzene rings is 1. The number of aliphatic hydroxyl groups excluding tert-OH is 1. The molecule has 23 heavy (non-hydrogen) atoms. The fraction of sp³-hybridized carbons (Fsp3) is 0.400. The van der Waals surface area contributed by atoms with Gasteiger partial charge < -0.3 is 10.4 Å². The van der Waals surface area contributed by atoms with Crippen LogP contribution in [0, 0.1) is 11.7 Å². The molecule has 0 unspecified atom stereocenters. The minimum absolute atomic E-state index is 0.0285. The van der Waals surface area contributed by atoms with Crippen LogP contribution in [-0.2, 0) is 0 Å². The summed E-state index contributed by atoms with van der Waals surface area (Å²) in [5.41, 5.74) is 0.201. The van der Waals surface area contributed by atoms with Gasteiger partial charge in [-0.15, -0.1) is 5.10 Å². The van der Waals surface area contributed by atoms with Gasteiger partial charge in [0.25, 0.3) is 5.91 Å². The van der Waals surface area contributed by atoms with Crippen molar-refractivity contribution in [2.75, 3.05) is 6.54 Å². The number of hydrogen-bond acceptors (Lipinski definition) is 4. The smallest absolute Gasteiger partial charge is 0.273 e. The van der Waals surface area contributed by atoms with Gasteiger partial charge >= 0.3 is 0 Å². The molecule has 1 amide bonds. The molecular weight excluding hydrogens is 323 g/mol. The average Bonchev–Trinajstić information content (AvgIpc) is 3.17. The minimum Gasteiger partial charge on any atom is -0.393 e. The number of nitrogens with zero attached hydrogens (tertiary/aromatic N) is 3. The van der Waals surface area contributed by atoms with Gasteiger partial charge in [0.05, 0.1) is 17.3 Å². The Morgan fingerprint density at radius 3 is 3.04 bits per heavy atom. The van der Waals surface area contributed by atoms with Crippen LogP contribution < -0.4 is 5.32 Å². The molecular formula is C15H16ClFN4O2. The molecule has 2 N–H and O–H groups in total. The van der Waals surface area contributed by atoms with E-state index in [2.05, 4.69) is 15.6 Å². The summed E-state index contributed by atoms with van der Waals surface area (Å²) in [4.78, 5) is 12.1. The first-order chi connectivity index (χ1) is 11.1. The molecule has 1 aromatic heterocycles. The normalized spacial score (nSPS) is 20.7. The van der Waals surface area contributed by atoms with Gasteiger partial charge in [-0.2, -0.15) is 0 Å². The van der Waals surface area contributed by atoms with E-state index in [-0.39, 0.29) is 28.4 Å². The number of rotatable bonds is 4. The van der Waals surface area contributed by atoms with Gasteiger partial charge in [-0.05, 0) is 25.0 Å². The molecule has 0 bridgehead atoms. The number of hydrogen-bond donors (Lipinski definition) is 2. The first-order valence-electron chi connectivity index (χ1n) is 7.39. The number of carbonyl (C=O) groups is 1. The molecule has 1 aromatic carbocycles. The largest absolute Gasteiger partial charge is 0.393 e. The summed E-state index contributed by atoms with van der Waals surface area (Å²) in [5.74, 6) is -0.961. The quantitative estimate of drug-likeness (QED) is 0.893. The molecule has 6 nitrogen and oxygen atoms in total. The molecule has 2 aromatic rings. The van der Waals surface area contributed by atoms with Gasteiger partial charge in [-0.1, -0.05) is 29.3 Å². The van der Waals surface area contributed by atoms with Crippen molar-refractivity contribution in [3.63, 3.8) is 0 Å². The van der Waals surface area contributed by atoms with E-state index in [1.165, 1.54) is 23.0 Å². The predicted octanol–water partition coefficient (Wildman–Crippen LogP) is 1.95. The molecule has 0 aliphatic heterocycles. The monoisotopic (exact) mass is 338 g/mol. The molecule has 8 heteroatoms. The number of halogens is 2. The minimum atomic E-state index is -0.625. The molecule has 1 heterocycles. The summed E-state index contributed by atoms with van der Waals surface area (Å²) in [6.07, 6.45) is 3.60. The van der Waals surface area contributed by atoms with Crippen molar-refractivity contribution in [1.82, 2.24) is 20.3 Å². The summed E-state index contributed by atoms with van der Waals surface area (Å²) in [5, 5.41) is 20.0. The van der Waals surface area contributed by atoms with E-state index in [0.29, 0.717) is 6.54 Å². The van der Waals surface area contributed by atoms with Crippen molar-refractivity contribution in [1.29, 1.82) is 0 Å². The summed E-state index contributed by atoms with van der Waals surface area (Å²) in [6, 6.07) is 4.51. The Kier molecular flexibility index (Phi) is 4.58. The molecule has 0 spiro atoms. The number of amides is 1. The zero-order valence-electron chi connectivity index (χ0n) is 12.2. The van der Waals surface area contributed by atoms with E-state index < -0.39 is 11.7 Å². The fourth-order valence-electron chi connectivity index (χ4n) is 2.72. The van der Waals surface area contributed by atoms with Crippen LogP contribution in [0.5, 0.6) is 0 Å². The van der Waals surface area contributed by atoms with Gasteiger partial charge in [0.2, 0.25) is 0 Å². The Balaban J connectivity index is 1.69. The van der Waals surface area contributed by atoms with Crippen molar-refractivity contribution in [3.8, 4) is 5.69 Å². The maximum absolute atomic E-state index is 13.9. The van der Waals surface area contributed by atoms with Crippen LogP contribution in [-0.4, -0.2) is 38.7 Å². The molecule has 3 rings (SSSR count). The zero-order valence-corrected chi connectivity index (χ0v) is 13.0. The highest BCUT2D eigenvalue weighted by Crippen LogP contribution is 2.24. The number of carbonyl (C=O) groups excluding carboxylic acids is 1. The number of aliphatic hydroxyl groups is 1. The lowest BCUT2D eigenvalue weighted by atomic mass is 10.1. The lowest BCUT2D eigenvalue weighted by Crippen LogP contribution is -2.32. The van der Waals surface area contributed by atoms with Crippen molar-refractivity contribution in [2.24, 2.45) is 5.92 Å². The molecule has 2 atom stereocenters. The van der Waals surface area contributed by atoms with Gasteiger partial charge in [0.15, 0.2) is 11.5 Å². The van der Waals surface area contributed by atoms with E-state index >= 15 is 0 Å². The first kappa shape index (κ1) is 15.9. The number of nitrogens with one attached hydrogen (secondary N) is 1. The van der Waals surface area contributed by atoms with Gasteiger partial charge in [-0.3, -0.25) is 4.79 Å². The van der Waals surface area contributed by atoms with Crippen LogP contribution in [0.4, 0.5) is 4.39 Å². The highest BCUT2D eigenvalue weighted by Gasteiger charge is 2.26. The highest BCUT2D eigenvalue weighted by atomic mass is 35.5. The average molecular weight is 339 g/mol. The second-order valence-electron chi connectivity index (χ2n) is 5.59. The molecule has 1 fully saturated rings. The third-order valence-corrected chi connectivity index (χ3v) is 4.34. The number of aromatic nitrogens is 3. The summed E-state index contributed by atoms with van der Waals surface area (Å²) in [7, 11) is 0.